The fraction of sp³-hybridized carbons (Fsp3) is 0.923. The molecule has 0 aromatic carbocycles. The summed E-state index contributed by atoms with van der Waals surface area (Å²) in [7, 11) is 0. The molecule has 0 saturated carbocycles. The molecular weight excluding hydrogens is 200 g/mol. The van der Waals surface area contributed by atoms with Crippen LogP contribution in [0.25, 0.3) is 0 Å². The predicted octanol–water partition coefficient (Wildman–Crippen LogP) is 2.54. The lowest BCUT2D eigenvalue weighted by Gasteiger charge is -2.29. The van der Waals surface area contributed by atoms with Crippen molar-refractivity contribution in [3.8, 4) is 0 Å². The zero-order valence-electron chi connectivity index (χ0n) is 11.2. The molecule has 0 rings (SSSR count). The Kier molecular flexibility index (Phi) is 9.30. The van der Waals surface area contributed by atoms with Crippen molar-refractivity contribution >= 4 is 5.91 Å². The molecule has 16 heavy (non-hydrogen) atoms. The molecule has 1 atom stereocenters. The van der Waals surface area contributed by atoms with Gasteiger partial charge in [-0.25, -0.2) is 0 Å². The SMILES string of the molecule is CCCCCN(C(=O)CCN)C(C)CCC. The van der Waals surface area contributed by atoms with Crippen LogP contribution in [0.15, 0.2) is 0 Å². The highest BCUT2D eigenvalue weighted by Gasteiger charge is 2.17. The smallest absolute Gasteiger partial charge is 0.224 e. The molecule has 0 aliphatic rings. The second-order valence-corrected chi connectivity index (χ2v) is 4.47. The summed E-state index contributed by atoms with van der Waals surface area (Å²) < 4.78 is 0. The molecule has 0 saturated heterocycles. The van der Waals surface area contributed by atoms with Gasteiger partial charge in [-0.15, -0.1) is 0 Å². The van der Waals surface area contributed by atoms with Crippen molar-refractivity contribution in [3.63, 3.8) is 0 Å². The largest absolute Gasteiger partial charge is 0.340 e. The van der Waals surface area contributed by atoms with Gasteiger partial charge in [0.15, 0.2) is 0 Å². The van der Waals surface area contributed by atoms with E-state index in [1.165, 1.54) is 12.8 Å². The zero-order chi connectivity index (χ0) is 12.4. The van der Waals surface area contributed by atoms with Gasteiger partial charge in [0.05, 0.1) is 0 Å². The van der Waals surface area contributed by atoms with E-state index in [-0.39, 0.29) is 5.91 Å². The number of carbonyl (C=O) groups excluding carboxylic acids is 1. The van der Waals surface area contributed by atoms with E-state index in [1.54, 1.807) is 0 Å². The van der Waals surface area contributed by atoms with E-state index in [1.807, 2.05) is 4.90 Å². The van der Waals surface area contributed by atoms with Gasteiger partial charge in [-0.3, -0.25) is 4.79 Å². The van der Waals surface area contributed by atoms with E-state index in [9.17, 15) is 4.79 Å². The van der Waals surface area contributed by atoms with Gasteiger partial charge in [0.2, 0.25) is 5.91 Å². The third-order valence-electron chi connectivity index (χ3n) is 2.92. The van der Waals surface area contributed by atoms with Crippen molar-refractivity contribution in [2.45, 2.75) is 65.3 Å². The third kappa shape index (κ3) is 6.11. The summed E-state index contributed by atoms with van der Waals surface area (Å²) in [6, 6.07) is 0.362. The fourth-order valence-corrected chi connectivity index (χ4v) is 1.96. The van der Waals surface area contributed by atoms with Gasteiger partial charge in [0.1, 0.15) is 0 Å². The molecule has 1 unspecified atom stereocenters. The maximum atomic E-state index is 11.9. The highest BCUT2D eigenvalue weighted by atomic mass is 16.2. The number of nitrogens with two attached hydrogens (primary N) is 1. The van der Waals surface area contributed by atoms with Crippen LogP contribution in [0.5, 0.6) is 0 Å². The van der Waals surface area contributed by atoms with Crippen LogP contribution in [0, 0.1) is 0 Å². The van der Waals surface area contributed by atoms with Gasteiger partial charge < -0.3 is 10.6 Å². The minimum absolute atomic E-state index is 0.222. The lowest BCUT2D eigenvalue weighted by Crippen LogP contribution is -2.40. The minimum Gasteiger partial charge on any atom is -0.340 e. The summed E-state index contributed by atoms with van der Waals surface area (Å²) in [5.41, 5.74) is 5.45. The Morgan fingerprint density at radius 2 is 1.94 bits per heavy atom. The normalized spacial score (nSPS) is 12.5. The van der Waals surface area contributed by atoms with Crippen LogP contribution in [-0.4, -0.2) is 29.9 Å². The molecule has 96 valence electrons. The van der Waals surface area contributed by atoms with Crippen molar-refractivity contribution in [3.05, 3.63) is 0 Å². The number of unbranched alkanes of at least 4 members (excludes halogenated alkanes) is 2. The Labute approximate surface area is 100 Å². The minimum atomic E-state index is 0.222. The van der Waals surface area contributed by atoms with Crippen molar-refractivity contribution in [2.24, 2.45) is 5.73 Å². The van der Waals surface area contributed by atoms with E-state index in [0.29, 0.717) is 19.0 Å². The van der Waals surface area contributed by atoms with Crippen molar-refractivity contribution in [2.75, 3.05) is 13.1 Å². The summed E-state index contributed by atoms with van der Waals surface area (Å²) in [5, 5.41) is 0. The van der Waals surface area contributed by atoms with Crippen LogP contribution in [0.2, 0.25) is 0 Å². The Morgan fingerprint density at radius 1 is 1.25 bits per heavy atom. The molecule has 1 amide bonds. The van der Waals surface area contributed by atoms with Crippen LogP contribution < -0.4 is 5.73 Å². The lowest BCUT2D eigenvalue weighted by atomic mass is 10.1. The second kappa shape index (κ2) is 9.64. The standard InChI is InChI=1S/C13H28N2O/c1-4-6-7-11-15(12(3)8-5-2)13(16)9-10-14/h12H,4-11,14H2,1-3H3. The van der Waals surface area contributed by atoms with E-state index >= 15 is 0 Å². The summed E-state index contributed by atoms with van der Waals surface area (Å²) in [5.74, 6) is 0.222. The number of hydrogen-bond acceptors (Lipinski definition) is 2. The summed E-state index contributed by atoms with van der Waals surface area (Å²) in [6.45, 7) is 7.84. The molecule has 3 heteroatoms. The Morgan fingerprint density at radius 3 is 2.44 bits per heavy atom. The molecule has 0 bridgehead atoms. The topological polar surface area (TPSA) is 46.3 Å². The Balaban J connectivity index is 4.19. The van der Waals surface area contributed by atoms with Crippen LogP contribution in [0.3, 0.4) is 0 Å². The molecule has 0 aliphatic heterocycles. The maximum absolute atomic E-state index is 11.9. The molecule has 3 nitrogen and oxygen atoms in total. The quantitative estimate of drug-likeness (QED) is 0.616. The third-order valence-corrected chi connectivity index (χ3v) is 2.92. The molecule has 0 aromatic heterocycles. The van der Waals surface area contributed by atoms with Crippen molar-refractivity contribution in [1.29, 1.82) is 0 Å². The predicted molar refractivity (Wildman–Crippen MR) is 69.3 cm³/mol. The first-order valence-corrected chi connectivity index (χ1v) is 6.66. The summed E-state index contributed by atoms with van der Waals surface area (Å²) in [4.78, 5) is 13.9. The maximum Gasteiger partial charge on any atom is 0.224 e. The molecule has 0 fully saturated rings. The summed E-state index contributed by atoms with van der Waals surface area (Å²) in [6.07, 6.45) is 6.21. The average Bonchev–Trinajstić information content (AvgIpc) is 2.25. The molecule has 2 N–H and O–H groups in total. The average molecular weight is 228 g/mol. The summed E-state index contributed by atoms with van der Waals surface area (Å²) >= 11 is 0. The monoisotopic (exact) mass is 228 g/mol. The van der Waals surface area contributed by atoms with Crippen LogP contribution >= 0.6 is 0 Å². The first kappa shape index (κ1) is 15.4. The molecule has 0 aliphatic carbocycles. The highest BCUT2D eigenvalue weighted by Crippen LogP contribution is 2.10. The van der Waals surface area contributed by atoms with Crippen LogP contribution in [0.1, 0.15) is 59.3 Å². The molecular formula is C13H28N2O. The number of carbonyl (C=O) groups is 1. The van der Waals surface area contributed by atoms with E-state index in [0.717, 1.165) is 25.8 Å². The molecule has 0 heterocycles. The number of amides is 1. The molecule has 0 aromatic rings. The second-order valence-electron chi connectivity index (χ2n) is 4.47. The van der Waals surface area contributed by atoms with Crippen molar-refractivity contribution < 1.29 is 4.79 Å². The first-order valence-electron chi connectivity index (χ1n) is 6.66. The first-order chi connectivity index (χ1) is 7.67. The van der Waals surface area contributed by atoms with Crippen molar-refractivity contribution in [1.82, 2.24) is 4.90 Å². The Bertz CT molecular complexity index is 183. The van der Waals surface area contributed by atoms with Gasteiger partial charge in [-0.1, -0.05) is 33.1 Å². The van der Waals surface area contributed by atoms with E-state index in [2.05, 4.69) is 20.8 Å². The van der Waals surface area contributed by atoms with Crippen LogP contribution in [0.4, 0.5) is 0 Å². The van der Waals surface area contributed by atoms with Crippen LogP contribution in [-0.2, 0) is 4.79 Å². The number of rotatable bonds is 9. The fourth-order valence-electron chi connectivity index (χ4n) is 1.96. The number of nitrogens with zero attached hydrogens (tertiary/aromatic N) is 1. The Hall–Kier alpha value is -0.570. The van der Waals surface area contributed by atoms with Gasteiger partial charge in [-0.05, 0) is 19.8 Å². The molecule has 0 spiro atoms. The number of hydrogen-bond donors (Lipinski definition) is 1. The van der Waals surface area contributed by atoms with Gasteiger partial charge in [0, 0.05) is 25.6 Å². The van der Waals surface area contributed by atoms with Gasteiger partial charge >= 0.3 is 0 Å². The molecule has 0 radical (unpaired) electrons. The highest BCUT2D eigenvalue weighted by molar-refractivity contribution is 5.76. The zero-order valence-corrected chi connectivity index (χ0v) is 11.2. The van der Waals surface area contributed by atoms with Gasteiger partial charge in [0.25, 0.3) is 0 Å². The lowest BCUT2D eigenvalue weighted by molar-refractivity contribution is -0.133. The van der Waals surface area contributed by atoms with E-state index in [4.69, 9.17) is 5.73 Å². The van der Waals surface area contributed by atoms with Gasteiger partial charge in [-0.2, -0.15) is 0 Å². The van der Waals surface area contributed by atoms with E-state index < -0.39 is 0 Å².